The number of hydrogen-bond donors (Lipinski definition) is 0. The number of benzene rings is 5. The Morgan fingerprint density at radius 3 is 1.12 bits per heavy atom. The maximum atomic E-state index is 2.32. The number of fused-ring (bicyclic) bond motifs is 2. The van der Waals surface area contributed by atoms with Crippen molar-refractivity contribution in [2.75, 3.05) is 4.90 Å². The molecule has 0 bridgehead atoms. The fraction of sp³-hybridized carbons (Fsp3) is 0.188. The third-order valence-electron chi connectivity index (χ3n) is 5.00. The fourth-order valence-electron chi connectivity index (χ4n) is 3.66. The zero-order chi connectivity index (χ0) is 24.1. The van der Waals surface area contributed by atoms with Crippen LogP contribution in [0, 0.1) is 0 Å². The van der Waals surface area contributed by atoms with Gasteiger partial charge in [0.25, 0.3) is 0 Å². The number of anilines is 3. The molecule has 33 heavy (non-hydrogen) atoms. The zero-order valence-electron chi connectivity index (χ0n) is 20.9. The first-order valence-electron chi connectivity index (χ1n) is 12.2. The predicted molar refractivity (Wildman–Crippen MR) is 150 cm³/mol. The van der Waals surface area contributed by atoms with Crippen LogP contribution < -0.4 is 4.90 Å². The third kappa shape index (κ3) is 6.23. The maximum Gasteiger partial charge on any atom is 0.0468 e. The Hall–Kier alpha value is -3.58. The highest BCUT2D eigenvalue weighted by Crippen LogP contribution is 2.37. The summed E-state index contributed by atoms with van der Waals surface area (Å²) in [6, 6.07) is 40.9. The molecule has 0 N–H and O–H groups in total. The van der Waals surface area contributed by atoms with Crippen LogP contribution in [0.1, 0.15) is 41.5 Å². The Kier molecular flexibility index (Phi) is 10.7. The molecule has 0 aliphatic rings. The molecule has 0 radical (unpaired) electrons. The van der Waals surface area contributed by atoms with Crippen molar-refractivity contribution in [1.82, 2.24) is 0 Å². The second-order valence-electron chi connectivity index (χ2n) is 6.73. The normalized spacial score (nSPS) is 9.52. The van der Waals surface area contributed by atoms with E-state index in [0.717, 1.165) is 17.1 Å². The molecule has 0 fully saturated rings. The number of para-hydroxylation sites is 1. The van der Waals surface area contributed by atoms with Crippen molar-refractivity contribution in [2.45, 2.75) is 41.5 Å². The van der Waals surface area contributed by atoms with Gasteiger partial charge in [0.1, 0.15) is 0 Å². The van der Waals surface area contributed by atoms with Crippen molar-refractivity contribution in [1.29, 1.82) is 0 Å². The average Bonchev–Trinajstić information content (AvgIpc) is 2.93. The molecule has 5 aromatic rings. The summed E-state index contributed by atoms with van der Waals surface area (Å²) in [5.41, 5.74) is 3.48. The molecule has 0 saturated carbocycles. The summed E-state index contributed by atoms with van der Waals surface area (Å²) in [4.78, 5) is 2.32. The molecule has 5 rings (SSSR count). The second-order valence-corrected chi connectivity index (χ2v) is 6.73. The van der Waals surface area contributed by atoms with E-state index in [1.165, 1.54) is 21.5 Å². The lowest BCUT2D eigenvalue weighted by Gasteiger charge is -2.26. The predicted octanol–water partition coefficient (Wildman–Crippen LogP) is 10.5. The molecule has 0 aliphatic carbocycles. The van der Waals surface area contributed by atoms with Crippen molar-refractivity contribution in [3.8, 4) is 0 Å². The lowest BCUT2D eigenvalue weighted by Crippen LogP contribution is -2.09. The summed E-state index contributed by atoms with van der Waals surface area (Å²) in [5, 5.41) is 5.01. The van der Waals surface area contributed by atoms with E-state index < -0.39 is 0 Å². The van der Waals surface area contributed by atoms with E-state index in [-0.39, 0.29) is 0 Å². The summed E-state index contributed by atoms with van der Waals surface area (Å²) >= 11 is 0. The summed E-state index contributed by atoms with van der Waals surface area (Å²) in [6.07, 6.45) is 0. The van der Waals surface area contributed by atoms with Gasteiger partial charge < -0.3 is 4.90 Å². The van der Waals surface area contributed by atoms with Crippen LogP contribution in [0.3, 0.4) is 0 Å². The van der Waals surface area contributed by atoms with Gasteiger partial charge in [-0.2, -0.15) is 0 Å². The fourth-order valence-corrected chi connectivity index (χ4v) is 3.66. The van der Waals surface area contributed by atoms with E-state index in [9.17, 15) is 0 Å². The van der Waals surface area contributed by atoms with Crippen LogP contribution in [0.5, 0.6) is 0 Å². The highest BCUT2D eigenvalue weighted by molar-refractivity contribution is 5.92. The minimum Gasteiger partial charge on any atom is -0.310 e. The van der Waals surface area contributed by atoms with E-state index in [1.807, 2.05) is 41.5 Å². The van der Waals surface area contributed by atoms with Gasteiger partial charge in [-0.25, -0.2) is 0 Å². The number of rotatable bonds is 3. The molecule has 0 aromatic heterocycles. The van der Waals surface area contributed by atoms with Crippen LogP contribution in [-0.4, -0.2) is 0 Å². The van der Waals surface area contributed by atoms with E-state index >= 15 is 0 Å². The van der Waals surface area contributed by atoms with Crippen molar-refractivity contribution >= 4 is 38.6 Å². The van der Waals surface area contributed by atoms with Crippen LogP contribution >= 0.6 is 0 Å². The Morgan fingerprint density at radius 1 is 0.333 bits per heavy atom. The molecule has 0 heterocycles. The van der Waals surface area contributed by atoms with Crippen LogP contribution in [0.25, 0.3) is 21.5 Å². The van der Waals surface area contributed by atoms with Crippen LogP contribution in [-0.2, 0) is 0 Å². The highest BCUT2D eigenvalue weighted by Gasteiger charge is 2.13. The molecule has 0 atom stereocenters. The average molecular weight is 436 g/mol. The Balaban J connectivity index is 0.000000597. The molecule has 0 unspecified atom stereocenters. The van der Waals surface area contributed by atoms with Gasteiger partial charge in [0.2, 0.25) is 0 Å². The first-order valence-corrected chi connectivity index (χ1v) is 12.2. The highest BCUT2D eigenvalue weighted by atomic mass is 15.1. The summed E-state index contributed by atoms with van der Waals surface area (Å²) in [6.45, 7) is 12.0. The maximum absolute atomic E-state index is 2.32. The molecule has 5 aromatic carbocycles. The van der Waals surface area contributed by atoms with Gasteiger partial charge in [0, 0.05) is 17.1 Å². The van der Waals surface area contributed by atoms with Gasteiger partial charge in [0.15, 0.2) is 0 Å². The Morgan fingerprint density at radius 2 is 0.697 bits per heavy atom. The largest absolute Gasteiger partial charge is 0.310 e. The Bertz CT molecular complexity index is 1150. The van der Waals surface area contributed by atoms with Crippen molar-refractivity contribution in [2.24, 2.45) is 0 Å². The molecule has 1 nitrogen and oxygen atoms in total. The summed E-state index contributed by atoms with van der Waals surface area (Å²) in [5.74, 6) is 0. The van der Waals surface area contributed by atoms with Crippen molar-refractivity contribution in [3.05, 3.63) is 115 Å². The minimum absolute atomic E-state index is 1.16. The number of hydrogen-bond acceptors (Lipinski definition) is 1. The second kappa shape index (κ2) is 13.8. The monoisotopic (exact) mass is 435 g/mol. The molecular weight excluding hydrogens is 398 g/mol. The third-order valence-corrected chi connectivity index (χ3v) is 5.00. The van der Waals surface area contributed by atoms with Gasteiger partial charge in [-0.3, -0.25) is 0 Å². The van der Waals surface area contributed by atoms with Gasteiger partial charge in [-0.05, 0) is 57.9 Å². The minimum atomic E-state index is 1.16. The Labute approximate surface area is 200 Å². The summed E-state index contributed by atoms with van der Waals surface area (Å²) < 4.78 is 0. The van der Waals surface area contributed by atoms with Gasteiger partial charge in [-0.15, -0.1) is 0 Å². The smallest absolute Gasteiger partial charge is 0.0468 e. The van der Waals surface area contributed by atoms with E-state index in [1.54, 1.807) is 0 Å². The van der Waals surface area contributed by atoms with E-state index in [0.29, 0.717) is 0 Å². The van der Waals surface area contributed by atoms with Gasteiger partial charge in [0.05, 0.1) is 0 Å². The SMILES string of the molecule is CC.CC.CC.c1ccc(N(c2ccc3ccccc3c2)c2ccc3ccccc3c2)cc1. The molecule has 0 amide bonds. The molecule has 0 saturated heterocycles. The van der Waals surface area contributed by atoms with E-state index in [4.69, 9.17) is 0 Å². The number of nitrogens with zero attached hydrogens (tertiary/aromatic N) is 1. The molecule has 170 valence electrons. The van der Waals surface area contributed by atoms with Crippen molar-refractivity contribution in [3.63, 3.8) is 0 Å². The molecule has 0 aliphatic heterocycles. The van der Waals surface area contributed by atoms with Crippen molar-refractivity contribution < 1.29 is 0 Å². The van der Waals surface area contributed by atoms with E-state index in [2.05, 4.69) is 120 Å². The lowest BCUT2D eigenvalue weighted by atomic mass is 10.1. The first-order chi connectivity index (χ1) is 16.4. The topological polar surface area (TPSA) is 3.24 Å². The molecular formula is C32H37N. The van der Waals surface area contributed by atoms with Crippen LogP contribution in [0.4, 0.5) is 17.1 Å². The quantitative estimate of drug-likeness (QED) is 0.272. The lowest BCUT2D eigenvalue weighted by molar-refractivity contribution is 1.29. The van der Waals surface area contributed by atoms with Gasteiger partial charge >= 0.3 is 0 Å². The molecule has 1 heteroatoms. The zero-order valence-corrected chi connectivity index (χ0v) is 20.9. The summed E-state index contributed by atoms with van der Waals surface area (Å²) in [7, 11) is 0. The first kappa shape index (κ1) is 25.7. The standard InChI is InChI=1S/C26H19N.3C2H6/c1-2-12-24(13-3-1)27(25-16-14-20-8-4-6-10-22(20)18-25)26-17-15-21-9-5-7-11-23(21)19-26;3*1-2/h1-19H;3*1-2H3. The molecule has 0 spiro atoms. The van der Waals surface area contributed by atoms with Crippen LogP contribution in [0.2, 0.25) is 0 Å². The van der Waals surface area contributed by atoms with Gasteiger partial charge in [-0.1, -0.05) is 120 Å². The van der Waals surface area contributed by atoms with Crippen LogP contribution in [0.15, 0.2) is 115 Å².